The van der Waals surface area contributed by atoms with Gasteiger partial charge in [-0.25, -0.2) is 18.8 Å². The second kappa shape index (κ2) is 10.8. The number of hydrogen-bond donors (Lipinski definition) is 1. The molecule has 1 saturated heterocycles. The van der Waals surface area contributed by atoms with Crippen molar-refractivity contribution in [1.29, 1.82) is 0 Å². The molecule has 1 aromatic rings. The van der Waals surface area contributed by atoms with Gasteiger partial charge in [-0.1, -0.05) is 27.3 Å². The summed E-state index contributed by atoms with van der Waals surface area (Å²) in [5.74, 6) is -0.553. The van der Waals surface area contributed by atoms with Gasteiger partial charge in [-0.3, -0.25) is 9.79 Å². The monoisotopic (exact) mass is 574 g/mol. The van der Waals surface area contributed by atoms with Gasteiger partial charge >= 0.3 is 6.18 Å². The molecular weight excluding hydrogens is 553 g/mol. The summed E-state index contributed by atoms with van der Waals surface area (Å²) in [4.78, 5) is 20.0. The van der Waals surface area contributed by atoms with Crippen LogP contribution in [0.25, 0.3) is 0 Å². The van der Waals surface area contributed by atoms with E-state index in [-0.39, 0.29) is 62.2 Å². The van der Waals surface area contributed by atoms with Crippen LogP contribution in [0.4, 0.5) is 18.3 Å². The van der Waals surface area contributed by atoms with Crippen molar-refractivity contribution in [2.45, 2.75) is 24.0 Å². The van der Waals surface area contributed by atoms with Crippen molar-refractivity contribution in [3.63, 3.8) is 0 Å². The zero-order valence-corrected chi connectivity index (χ0v) is 20.7. The summed E-state index contributed by atoms with van der Waals surface area (Å²) in [6, 6.07) is -0.316. The lowest BCUT2D eigenvalue weighted by molar-refractivity contribution is -0.134. The Morgan fingerprint density at radius 1 is 1.36 bits per heavy atom. The second-order valence-electron chi connectivity index (χ2n) is 7.28. The first-order chi connectivity index (χ1) is 15.5. The van der Waals surface area contributed by atoms with Gasteiger partial charge in [-0.15, -0.1) is 0 Å². The minimum atomic E-state index is -4.45. The molecule has 3 rings (SSSR count). The maximum Gasteiger partial charge on any atom is 0.427 e. The molecule has 3 heterocycles. The summed E-state index contributed by atoms with van der Waals surface area (Å²) in [5, 5.41) is 3.92. The number of halogens is 4. The lowest BCUT2D eigenvalue weighted by Gasteiger charge is -2.33. The first-order valence-electron chi connectivity index (χ1n) is 9.85. The van der Waals surface area contributed by atoms with Crippen molar-refractivity contribution in [3.8, 4) is 0 Å². The molecule has 0 spiro atoms. The fourth-order valence-corrected chi connectivity index (χ4v) is 5.54. The fourth-order valence-electron chi connectivity index (χ4n) is 3.06. The Morgan fingerprint density at radius 2 is 2.06 bits per heavy atom. The lowest BCUT2D eigenvalue weighted by Crippen LogP contribution is -2.49. The number of aromatic nitrogens is 1. The maximum absolute atomic E-state index is 12.8. The third-order valence-electron chi connectivity index (χ3n) is 4.75. The van der Waals surface area contributed by atoms with Gasteiger partial charge < -0.3 is 9.64 Å². The number of carbonyl (C=O) groups is 1. The Labute approximate surface area is 201 Å². The molecule has 1 N–H and O–H groups in total. The standard InChI is InChI=1S/C17H22BrF3N6O4S2/c1-11(24-12-8-23-25-15(28)14(12)18)10-31-6-7-33(29,30)27-4-2-26(3-5-27)16-22-9-13(32-16)17(19,20)21/h8-9,11,14H,2-7,10H2,1H3,(H,25,28)/t11-,14?/m0/s1. The molecule has 2 aliphatic heterocycles. The summed E-state index contributed by atoms with van der Waals surface area (Å²) < 4.78 is 70.2. The number of nitrogens with one attached hydrogen (secondary N) is 1. The molecule has 184 valence electrons. The lowest BCUT2D eigenvalue weighted by atomic mass is 10.2. The summed E-state index contributed by atoms with van der Waals surface area (Å²) >= 11 is 3.76. The van der Waals surface area contributed by atoms with E-state index in [2.05, 4.69) is 36.4 Å². The molecule has 2 aliphatic rings. The Kier molecular flexibility index (Phi) is 8.47. The first kappa shape index (κ1) is 26.0. The van der Waals surface area contributed by atoms with Crippen molar-refractivity contribution < 1.29 is 31.1 Å². The van der Waals surface area contributed by atoms with Crippen molar-refractivity contribution in [2.24, 2.45) is 10.1 Å². The zero-order chi connectivity index (χ0) is 24.2. The van der Waals surface area contributed by atoms with Crippen LogP contribution in [0.1, 0.15) is 11.8 Å². The third kappa shape index (κ3) is 6.94. The average Bonchev–Trinajstić information content (AvgIpc) is 3.26. The molecule has 1 aromatic heterocycles. The van der Waals surface area contributed by atoms with Gasteiger partial charge in [-0.05, 0) is 6.92 Å². The number of nitrogens with zero attached hydrogens (tertiary/aromatic N) is 5. The van der Waals surface area contributed by atoms with Gasteiger partial charge in [0.1, 0.15) is 9.70 Å². The highest BCUT2D eigenvalue weighted by Gasteiger charge is 2.35. The Bertz CT molecular complexity index is 1010. The molecule has 0 bridgehead atoms. The van der Waals surface area contributed by atoms with E-state index in [1.54, 1.807) is 11.8 Å². The highest BCUT2D eigenvalue weighted by Crippen LogP contribution is 2.36. The van der Waals surface area contributed by atoms with E-state index in [0.29, 0.717) is 17.0 Å². The smallest absolute Gasteiger partial charge is 0.378 e. The number of thiazole rings is 1. The summed E-state index contributed by atoms with van der Waals surface area (Å²) in [5.41, 5.74) is 2.75. The molecule has 33 heavy (non-hydrogen) atoms. The van der Waals surface area contributed by atoms with Crippen LogP contribution in [-0.4, -0.2) is 91.6 Å². The SMILES string of the molecule is C[C@@H](COCCS(=O)(=O)N1CCN(c2ncc(C(F)(F)F)s2)CC1)N=C1C=NNC(=O)C1Br. The molecule has 0 aromatic carbocycles. The van der Waals surface area contributed by atoms with Crippen molar-refractivity contribution >= 4 is 60.3 Å². The van der Waals surface area contributed by atoms with Gasteiger partial charge in [0.15, 0.2) is 5.13 Å². The predicted molar refractivity (Wildman–Crippen MR) is 122 cm³/mol. The number of hydrogen-bond acceptors (Lipinski definition) is 9. The summed E-state index contributed by atoms with van der Waals surface area (Å²) in [6.45, 7) is 2.70. The highest BCUT2D eigenvalue weighted by molar-refractivity contribution is 9.10. The molecule has 10 nitrogen and oxygen atoms in total. The van der Waals surface area contributed by atoms with Gasteiger partial charge in [-0.2, -0.15) is 22.6 Å². The number of hydrazone groups is 1. The van der Waals surface area contributed by atoms with Gasteiger partial charge in [0.2, 0.25) is 10.0 Å². The number of anilines is 1. The highest BCUT2D eigenvalue weighted by atomic mass is 79.9. The Balaban J connectivity index is 1.42. The molecule has 1 amide bonds. The zero-order valence-electron chi connectivity index (χ0n) is 17.5. The number of piperazine rings is 1. The Morgan fingerprint density at radius 3 is 2.70 bits per heavy atom. The number of carbonyl (C=O) groups excluding carboxylic acids is 1. The molecule has 16 heteroatoms. The largest absolute Gasteiger partial charge is 0.427 e. The van der Waals surface area contributed by atoms with E-state index in [0.717, 1.165) is 6.20 Å². The van der Waals surface area contributed by atoms with Gasteiger partial charge in [0.25, 0.3) is 5.91 Å². The van der Waals surface area contributed by atoms with Crippen LogP contribution >= 0.6 is 27.3 Å². The number of alkyl halides is 4. The van der Waals surface area contributed by atoms with Crippen LogP contribution in [0.2, 0.25) is 0 Å². The van der Waals surface area contributed by atoms with Crippen LogP contribution in [0.3, 0.4) is 0 Å². The quantitative estimate of drug-likeness (QED) is 0.370. The molecule has 1 fully saturated rings. The molecule has 2 atom stereocenters. The van der Waals surface area contributed by atoms with Crippen LogP contribution in [0, 0.1) is 0 Å². The number of sulfonamides is 1. The van der Waals surface area contributed by atoms with Crippen molar-refractivity contribution in [1.82, 2.24) is 14.7 Å². The number of ether oxygens (including phenoxy) is 1. The molecular formula is C17H22BrF3N6O4S2. The van der Waals surface area contributed by atoms with E-state index in [4.69, 9.17) is 4.74 Å². The van der Waals surface area contributed by atoms with Gasteiger partial charge in [0.05, 0.1) is 43.1 Å². The van der Waals surface area contributed by atoms with Crippen LogP contribution in [0.15, 0.2) is 16.3 Å². The van der Waals surface area contributed by atoms with Crippen LogP contribution in [0.5, 0.6) is 0 Å². The van der Waals surface area contributed by atoms with E-state index in [9.17, 15) is 26.4 Å². The first-order valence-corrected chi connectivity index (χ1v) is 13.2. The summed E-state index contributed by atoms with van der Waals surface area (Å²) in [7, 11) is -3.58. The second-order valence-corrected chi connectivity index (χ2v) is 11.3. The topological polar surface area (TPSA) is 117 Å². The predicted octanol–water partition coefficient (Wildman–Crippen LogP) is 1.34. The van der Waals surface area contributed by atoms with E-state index in [1.165, 1.54) is 10.5 Å². The minimum absolute atomic E-state index is 0.0362. The fraction of sp³-hybridized carbons (Fsp3) is 0.647. The molecule has 0 saturated carbocycles. The molecule has 0 aliphatic carbocycles. The minimum Gasteiger partial charge on any atom is -0.378 e. The summed E-state index contributed by atoms with van der Waals surface area (Å²) in [6.07, 6.45) is -2.23. The van der Waals surface area contributed by atoms with Crippen molar-refractivity contribution in [2.75, 3.05) is 50.0 Å². The van der Waals surface area contributed by atoms with Gasteiger partial charge in [0, 0.05) is 26.2 Å². The average molecular weight is 575 g/mol. The number of rotatable bonds is 8. The number of aliphatic imine (C=N–C) groups is 1. The van der Waals surface area contributed by atoms with E-state index >= 15 is 0 Å². The Hall–Kier alpha value is -1.62. The number of amides is 1. The van der Waals surface area contributed by atoms with Crippen LogP contribution < -0.4 is 10.3 Å². The third-order valence-corrected chi connectivity index (χ3v) is 8.57. The van der Waals surface area contributed by atoms with E-state index < -0.39 is 25.9 Å². The van der Waals surface area contributed by atoms with Crippen molar-refractivity contribution in [3.05, 3.63) is 11.1 Å². The molecule has 1 unspecified atom stereocenters. The van der Waals surface area contributed by atoms with E-state index in [1.807, 2.05) is 0 Å². The maximum atomic E-state index is 12.8. The molecule has 0 radical (unpaired) electrons. The normalized spacial score (nSPS) is 22.6. The van der Waals surface area contributed by atoms with Crippen LogP contribution in [-0.2, 0) is 25.7 Å².